The number of fused-ring (bicyclic) bond motifs is 4. The van der Waals surface area contributed by atoms with Crippen LogP contribution in [-0.4, -0.2) is 244 Å². The van der Waals surface area contributed by atoms with Gasteiger partial charge < -0.3 is 81.7 Å². The molecule has 8 aliphatic rings. The molecule has 8 saturated heterocycles. The van der Waals surface area contributed by atoms with Crippen LogP contribution in [0.1, 0.15) is 101 Å². The topological polar surface area (TPSA) is 496 Å². The molecule has 0 spiro atoms. The van der Waals surface area contributed by atoms with Crippen molar-refractivity contribution < 1.29 is 118 Å². The minimum atomic E-state index is -1.40. The highest BCUT2D eigenvalue weighted by molar-refractivity contribution is 8.02. The van der Waals surface area contributed by atoms with Crippen LogP contribution in [0.15, 0.2) is 67.3 Å². The standard InChI is InChI=1S/4C15H16N2O6S2/c4*1-15(2)9(14(22)23)17-11(19)8(12(17)25-15)16-10(18)7(13(20)21)6-3-4-24-5-6/h4*3-5,7-9,12H,1-2H3,(H,16,18)(H,20,21)(H,22,23)/t4*7-,8-,9+,12-/m1111/s1. The number of thioether (sulfide) groups is 4. The second-order valence-corrected chi connectivity index (χ2v) is 35.9. The van der Waals surface area contributed by atoms with E-state index in [4.69, 9.17) is 0 Å². The van der Waals surface area contributed by atoms with Crippen molar-refractivity contribution in [3.63, 3.8) is 0 Å². The fraction of sp³-hybridized carbons (Fsp3) is 0.467. The van der Waals surface area contributed by atoms with E-state index >= 15 is 0 Å². The third-order valence-electron chi connectivity index (χ3n) is 17.4. The molecule has 12 rings (SSSR count). The molecule has 32 nitrogen and oxygen atoms in total. The van der Waals surface area contributed by atoms with Gasteiger partial charge >= 0.3 is 47.8 Å². The van der Waals surface area contributed by atoms with Gasteiger partial charge in [-0.15, -0.1) is 47.0 Å². The third kappa shape index (κ3) is 14.1. The number of amides is 8. The molecular weight excluding hydrogens is 1470 g/mol. The van der Waals surface area contributed by atoms with Gasteiger partial charge in [0.25, 0.3) is 0 Å². The molecule has 0 saturated carbocycles. The van der Waals surface area contributed by atoms with E-state index in [-0.39, 0.29) is 0 Å². The van der Waals surface area contributed by atoms with Gasteiger partial charge in [0.05, 0.1) is 0 Å². The summed E-state index contributed by atoms with van der Waals surface area (Å²) in [4.78, 5) is 196. The predicted molar refractivity (Wildman–Crippen MR) is 361 cm³/mol. The summed E-state index contributed by atoms with van der Waals surface area (Å²) in [6, 6.07) is -1.38. The van der Waals surface area contributed by atoms with Gasteiger partial charge in [0.2, 0.25) is 47.3 Å². The Bertz CT molecular complexity index is 3490. The fourth-order valence-corrected chi connectivity index (χ4v) is 22.2. The number of β-lactam (4-membered cyclic amide) rings is 4. The van der Waals surface area contributed by atoms with E-state index in [0.29, 0.717) is 22.3 Å². The molecule has 100 heavy (non-hydrogen) atoms. The summed E-state index contributed by atoms with van der Waals surface area (Å²) in [5.41, 5.74) is 1.39. The first-order valence-corrected chi connectivity index (χ1v) is 37.0. The highest BCUT2D eigenvalue weighted by Crippen LogP contribution is 2.54. The monoisotopic (exact) mass is 1540 g/mol. The zero-order valence-electron chi connectivity index (χ0n) is 53.3. The van der Waals surface area contributed by atoms with E-state index in [1.807, 2.05) is 0 Å². The molecule has 8 fully saturated rings. The van der Waals surface area contributed by atoms with E-state index in [0.717, 1.165) is 0 Å². The number of carbonyl (C=O) groups excluding carboxylic acids is 8. The van der Waals surface area contributed by atoms with Crippen LogP contribution in [0.2, 0.25) is 0 Å². The fourth-order valence-electron chi connectivity index (χ4n) is 12.9. The Morgan fingerprint density at radius 3 is 0.630 bits per heavy atom. The van der Waals surface area contributed by atoms with Crippen LogP contribution in [0.25, 0.3) is 0 Å². The lowest BCUT2D eigenvalue weighted by Crippen LogP contribution is -2.71. The number of nitrogens with zero attached hydrogens (tertiary/aromatic N) is 4. The highest BCUT2D eigenvalue weighted by atomic mass is 32.2. The molecule has 8 aliphatic heterocycles. The average Bonchev–Trinajstić information content (AvgIpc) is 1.58. The van der Waals surface area contributed by atoms with Crippen LogP contribution >= 0.6 is 92.4 Å². The van der Waals surface area contributed by atoms with Crippen LogP contribution < -0.4 is 21.3 Å². The van der Waals surface area contributed by atoms with Crippen molar-refractivity contribution in [1.82, 2.24) is 40.9 Å². The molecule has 0 aromatic carbocycles. The van der Waals surface area contributed by atoms with E-state index in [1.165, 1.54) is 112 Å². The van der Waals surface area contributed by atoms with Crippen LogP contribution in [0.4, 0.5) is 0 Å². The second kappa shape index (κ2) is 28.6. The minimum Gasteiger partial charge on any atom is -0.480 e. The molecule has 8 amide bonds. The van der Waals surface area contributed by atoms with Crippen LogP contribution in [-0.2, 0) is 76.7 Å². The number of carboxylic acids is 8. The lowest BCUT2D eigenvalue weighted by molar-refractivity contribution is -0.161. The van der Waals surface area contributed by atoms with Gasteiger partial charge in [-0.1, -0.05) is 0 Å². The predicted octanol–water partition coefficient (Wildman–Crippen LogP) is 2.19. The minimum absolute atomic E-state index is 0.349. The number of carboxylic acid groups (broad SMARTS) is 8. The number of aliphatic carboxylic acids is 8. The number of carbonyl (C=O) groups is 16. The molecular formula is C60H64N8O24S8. The highest BCUT2D eigenvalue weighted by Gasteiger charge is 2.68. The van der Waals surface area contributed by atoms with Crippen molar-refractivity contribution >= 4 is 187 Å². The van der Waals surface area contributed by atoms with Gasteiger partial charge in [0, 0.05) is 19.0 Å². The number of rotatable bonds is 20. The molecule has 0 bridgehead atoms. The molecule has 0 radical (unpaired) electrons. The first-order chi connectivity index (χ1) is 46.6. The maximum absolute atomic E-state index is 12.4. The summed E-state index contributed by atoms with van der Waals surface area (Å²) in [6.07, 6.45) is 0. The summed E-state index contributed by atoms with van der Waals surface area (Å²) >= 11 is 10.2. The van der Waals surface area contributed by atoms with Crippen molar-refractivity contribution in [1.29, 1.82) is 0 Å². The lowest BCUT2D eigenvalue weighted by atomic mass is 9.95. The lowest BCUT2D eigenvalue weighted by Gasteiger charge is -2.43. The molecule has 12 heterocycles. The summed E-state index contributed by atoms with van der Waals surface area (Å²) in [5, 5.41) is 95.7. The zero-order chi connectivity index (χ0) is 74.1. The maximum atomic E-state index is 12.4. The molecule has 0 aliphatic carbocycles. The number of thiophene rings is 4. The Morgan fingerprint density at radius 1 is 0.330 bits per heavy atom. The Labute approximate surface area is 599 Å². The molecule has 0 unspecified atom stereocenters. The van der Waals surface area contributed by atoms with Gasteiger partial charge in [-0.3, -0.25) is 57.5 Å². The summed E-state index contributed by atoms with van der Waals surface area (Å²) in [6.45, 7) is 13.8. The van der Waals surface area contributed by atoms with E-state index in [9.17, 15) is 118 Å². The van der Waals surface area contributed by atoms with Gasteiger partial charge in [0.15, 0.2) is 23.7 Å². The van der Waals surface area contributed by atoms with Crippen molar-refractivity contribution in [3.05, 3.63) is 89.6 Å². The van der Waals surface area contributed by atoms with Crippen LogP contribution in [0.3, 0.4) is 0 Å². The largest absolute Gasteiger partial charge is 0.480 e. The molecule has 4 aromatic heterocycles. The number of nitrogens with one attached hydrogen (secondary N) is 4. The van der Waals surface area contributed by atoms with Crippen LogP contribution in [0.5, 0.6) is 0 Å². The summed E-state index contributed by atoms with van der Waals surface area (Å²) < 4.78 is -2.81. The van der Waals surface area contributed by atoms with Crippen molar-refractivity contribution in [2.24, 2.45) is 0 Å². The van der Waals surface area contributed by atoms with Crippen LogP contribution in [0, 0.1) is 0 Å². The van der Waals surface area contributed by atoms with Crippen molar-refractivity contribution in [3.8, 4) is 0 Å². The summed E-state index contributed by atoms with van der Waals surface area (Å²) in [7, 11) is 0. The van der Waals surface area contributed by atoms with E-state index in [2.05, 4.69) is 21.3 Å². The summed E-state index contributed by atoms with van der Waals surface area (Å²) in [5.74, 6) is -20.3. The molecule has 16 atom stereocenters. The normalized spacial score (nSPS) is 28.0. The molecule has 12 N–H and O–H groups in total. The Kier molecular flexibility index (Phi) is 21.7. The first-order valence-electron chi connectivity index (χ1n) is 29.7. The Balaban J connectivity index is 0.000000156. The van der Waals surface area contributed by atoms with Gasteiger partial charge in [-0.2, -0.15) is 45.3 Å². The van der Waals surface area contributed by atoms with Gasteiger partial charge in [-0.25, -0.2) is 19.2 Å². The Morgan fingerprint density at radius 2 is 0.500 bits per heavy atom. The quantitative estimate of drug-likeness (QED) is 0.0446. The molecule has 4 aromatic rings. The number of hydrogen-bond donors (Lipinski definition) is 12. The number of hydrogen-bond acceptors (Lipinski definition) is 24. The maximum Gasteiger partial charge on any atom is 0.327 e. The van der Waals surface area contributed by atoms with E-state index < -0.39 is 208 Å². The van der Waals surface area contributed by atoms with E-state index in [1.54, 1.807) is 123 Å². The van der Waals surface area contributed by atoms with Gasteiger partial charge in [0.1, 0.15) is 69.8 Å². The van der Waals surface area contributed by atoms with Gasteiger partial charge in [-0.05, 0) is 145 Å². The molecule has 536 valence electrons. The third-order valence-corrected chi connectivity index (χ3v) is 26.5. The Hall–Kier alpha value is -8.28. The SMILES string of the molecule is CC1(C)S[C@@H]2[C@H](NC(=O)[C@H](C(=O)O)c3ccsc3)C(=O)N2[C@H]1C(=O)O.CC1(C)S[C@@H]2[C@H](NC(=O)[C@H](C(=O)O)c3ccsc3)C(=O)N2[C@H]1C(=O)O.CC1(C)S[C@@H]2[C@H](NC(=O)[C@H](C(=O)O)c3ccsc3)C(=O)N2[C@H]1C(=O)O.CC1(C)S[C@@H]2[C@H](NC(=O)[C@H](C(=O)O)c3ccsc3)C(=O)N2[C@H]1C(=O)O. The zero-order valence-corrected chi connectivity index (χ0v) is 59.9. The average molecular weight is 1540 g/mol. The smallest absolute Gasteiger partial charge is 0.327 e. The second-order valence-electron chi connectivity index (χ2n) is 25.6. The van der Waals surface area contributed by atoms with Crippen molar-refractivity contribution in [2.45, 2.75) is 168 Å². The first kappa shape index (κ1) is 75.9. The molecule has 40 heteroatoms. The van der Waals surface area contributed by atoms with Crippen molar-refractivity contribution in [2.75, 3.05) is 0 Å².